The van der Waals surface area contributed by atoms with Crippen molar-refractivity contribution in [3.8, 4) is 0 Å². The molecular weight excluding hydrogens is 300 g/mol. The highest BCUT2D eigenvalue weighted by Crippen LogP contribution is 2.22. The first kappa shape index (κ1) is 16.3. The van der Waals surface area contributed by atoms with Crippen molar-refractivity contribution in [1.82, 2.24) is 0 Å². The maximum Gasteiger partial charge on any atom is 0.134 e. The number of hydrogen-bond acceptors (Lipinski definition) is 4. The van der Waals surface area contributed by atoms with Gasteiger partial charge in [-0.3, -0.25) is 0 Å². The molecule has 2 aromatic heterocycles. The molecule has 0 unspecified atom stereocenters. The average Bonchev–Trinajstić information content (AvgIpc) is 3.23. The van der Waals surface area contributed by atoms with E-state index in [0.717, 1.165) is 27.5 Å². The van der Waals surface area contributed by atoms with Gasteiger partial charge in [0.15, 0.2) is 0 Å². The Morgan fingerprint density at radius 1 is 0.792 bits per heavy atom. The fourth-order valence-corrected chi connectivity index (χ4v) is 2.87. The van der Waals surface area contributed by atoms with E-state index >= 15 is 0 Å². The van der Waals surface area contributed by atoms with Gasteiger partial charge in [-0.25, -0.2) is 0 Å². The molecule has 2 heterocycles. The standard InChI is InChI=1S/2C10H11NO/c1-7-4-8-2-3-12-10(8)5-9(7)6-11;1-7-2-3-10-8(4-5-12-10)9(7)6-11/h2*2-5H,6,11H2,1H3. The van der Waals surface area contributed by atoms with Crippen LogP contribution in [0.15, 0.2) is 57.8 Å². The third-order valence-electron chi connectivity index (χ3n) is 4.32. The summed E-state index contributed by atoms with van der Waals surface area (Å²) in [4.78, 5) is 0. The predicted molar refractivity (Wildman–Crippen MR) is 97.7 cm³/mol. The Hall–Kier alpha value is -2.56. The van der Waals surface area contributed by atoms with Crippen molar-refractivity contribution in [3.63, 3.8) is 0 Å². The monoisotopic (exact) mass is 322 g/mol. The fraction of sp³-hybridized carbons (Fsp3) is 0.200. The normalized spacial score (nSPS) is 10.8. The highest BCUT2D eigenvalue weighted by Gasteiger charge is 2.04. The third kappa shape index (κ3) is 3.07. The van der Waals surface area contributed by atoms with E-state index in [-0.39, 0.29) is 0 Å². The lowest BCUT2D eigenvalue weighted by Gasteiger charge is -2.02. The van der Waals surface area contributed by atoms with E-state index in [9.17, 15) is 0 Å². The number of hydrogen-bond donors (Lipinski definition) is 2. The van der Waals surface area contributed by atoms with Gasteiger partial charge < -0.3 is 20.3 Å². The van der Waals surface area contributed by atoms with Crippen LogP contribution in [0.3, 0.4) is 0 Å². The van der Waals surface area contributed by atoms with Crippen LogP contribution >= 0.6 is 0 Å². The quantitative estimate of drug-likeness (QED) is 0.573. The second kappa shape index (κ2) is 6.91. The van der Waals surface area contributed by atoms with Gasteiger partial charge in [0.1, 0.15) is 11.2 Å². The summed E-state index contributed by atoms with van der Waals surface area (Å²) in [5, 5.41) is 2.28. The van der Waals surface area contributed by atoms with Crippen LogP contribution in [0, 0.1) is 13.8 Å². The SMILES string of the molecule is Cc1cc2ccoc2cc1CN.Cc1ccc2occc2c1CN. The average molecular weight is 322 g/mol. The van der Waals surface area contributed by atoms with Crippen LogP contribution in [0.25, 0.3) is 21.9 Å². The predicted octanol–water partition coefficient (Wildman–Crippen LogP) is 4.40. The molecule has 0 amide bonds. The summed E-state index contributed by atoms with van der Waals surface area (Å²) >= 11 is 0. The van der Waals surface area contributed by atoms with Crippen molar-refractivity contribution in [3.05, 3.63) is 71.2 Å². The molecule has 4 rings (SSSR count). The van der Waals surface area contributed by atoms with Gasteiger partial charge in [0, 0.05) is 23.9 Å². The van der Waals surface area contributed by atoms with Gasteiger partial charge in [-0.15, -0.1) is 0 Å². The summed E-state index contributed by atoms with van der Waals surface area (Å²) in [6, 6.07) is 12.0. The molecule has 0 aliphatic heterocycles. The smallest absolute Gasteiger partial charge is 0.134 e. The van der Waals surface area contributed by atoms with Gasteiger partial charge in [0.2, 0.25) is 0 Å². The molecule has 4 heteroatoms. The topological polar surface area (TPSA) is 78.3 Å². The number of nitrogens with two attached hydrogens (primary N) is 2. The molecule has 4 nitrogen and oxygen atoms in total. The molecule has 4 aromatic rings. The summed E-state index contributed by atoms with van der Waals surface area (Å²) in [6.45, 7) is 5.27. The first-order chi connectivity index (χ1) is 11.6. The Bertz CT molecular complexity index is 966. The van der Waals surface area contributed by atoms with Crippen LogP contribution in [-0.2, 0) is 13.1 Å². The summed E-state index contributed by atoms with van der Waals surface area (Å²) < 4.78 is 10.5. The molecular formula is C20H22N2O2. The number of furan rings is 2. The molecule has 0 aliphatic rings. The second-order valence-electron chi connectivity index (χ2n) is 5.84. The number of benzene rings is 2. The molecule has 0 saturated heterocycles. The molecule has 24 heavy (non-hydrogen) atoms. The summed E-state index contributed by atoms with van der Waals surface area (Å²) in [6.07, 6.45) is 3.40. The van der Waals surface area contributed by atoms with E-state index in [1.165, 1.54) is 16.7 Å². The first-order valence-corrected chi connectivity index (χ1v) is 7.96. The van der Waals surface area contributed by atoms with Gasteiger partial charge in [-0.2, -0.15) is 0 Å². The maximum atomic E-state index is 5.63. The lowest BCUT2D eigenvalue weighted by molar-refractivity contribution is 0.615. The van der Waals surface area contributed by atoms with Gasteiger partial charge in [-0.1, -0.05) is 6.07 Å². The van der Waals surface area contributed by atoms with Gasteiger partial charge in [-0.05, 0) is 66.4 Å². The van der Waals surface area contributed by atoms with E-state index < -0.39 is 0 Å². The van der Waals surface area contributed by atoms with Crippen LogP contribution in [0.1, 0.15) is 22.3 Å². The highest BCUT2D eigenvalue weighted by molar-refractivity contribution is 5.82. The van der Waals surface area contributed by atoms with Crippen molar-refractivity contribution < 1.29 is 8.83 Å². The van der Waals surface area contributed by atoms with Crippen molar-refractivity contribution >= 4 is 21.9 Å². The minimum Gasteiger partial charge on any atom is -0.464 e. The minimum absolute atomic E-state index is 0.572. The van der Waals surface area contributed by atoms with Crippen LogP contribution in [-0.4, -0.2) is 0 Å². The molecule has 0 atom stereocenters. The lowest BCUT2D eigenvalue weighted by Crippen LogP contribution is -1.98. The zero-order valence-electron chi connectivity index (χ0n) is 14.0. The zero-order chi connectivity index (χ0) is 17.1. The molecule has 2 aromatic carbocycles. The molecule has 124 valence electrons. The van der Waals surface area contributed by atoms with Crippen LogP contribution in [0.5, 0.6) is 0 Å². The Morgan fingerprint density at radius 2 is 1.54 bits per heavy atom. The molecule has 0 fully saturated rings. The van der Waals surface area contributed by atoms with E-state index in [1.54, 1.807) is 12.5 Å². The molecule has 0 aliphatic carbocycles. The summed E-state index contributed by atoms with van der Waals surface area (Å²) in [5.41, 5.74) is 17.8. The van der Waals surface area contributed by atoms with Crippen molar-refractivity contribution in [1.29, 1.82) is 0 Å². The van der Waals surface area contributed by atoms with E-state index in [1.807, 2.05) is 30.3 Å². The van der Waals surface area contributed by atoms with Crippen LogP contribution in [0.2, 0.25) is 0 Å². The van der Waals surface area contributed by atoms with Crippen LogP contribution < -0.4 is 11.5 Å². The van der Waals surface area contributed by atoms with Gasteiger partial charge >= 0.3 is 0 Å². The number of rotatable bonds is 2. The summed E-state index contributed by atoms with van der Waals surface area (Å²) in [7, 11) is 0. The lowest BCUT2D eigenvalue weighted by atomic mass is 10.1. The third-order valence-corrected chi connectivity index (χ3v) is 4.32. The van der Waals surface area contributed by atoms with Crippen molar-refractivity contribution in [2.75, 3.05) is 0 Å². The van der Waals surface area contributed by atoms with E-state index in [4.69, 9.17) is 20.3 Å². The Morgan fingerprint density at radius 3 is 2.29 bits per heavy atom. The minimum atomic E-state index is 0.572. The maximum absolute atomic E-state index is 5.63. The number of aryl methyl sites for hydroxylation is 2. The molecule has 0 radical (unpaired) electrons. The van der Waals surface area contributed by atoms with Crippen LogP contribution in [0.4, 0.5) is 0 Å². The van der Waals surface area contributed by atoms with Crippen molar-refractivity contribution in [2.45, 2.75) is 26.9 Å². The van der Waals surface area contributed by atoms with E-state index in [2.05, 4.69) is 19.9 Å². The van der Waals surface area contributed by atoms with Crippen molar-refractivity contribution in [2.24, 2.45) is 11.5 Å². The molecule has 0 spiro atoms. The summed E-state index contributed by atoms with van der Waals surface area (Å²) in [5.74, 6) is 0. The Labute approximate surface area is 141 Å². The molecule has 0 bridgehead atoms. The largest absolute Gasteiger partial charge is 0.464 e. The number of fused-ring (bicyclic) bond motifs is 2. The Balaban J connectivity index is 0.000000141. The highest BCUT2D eigenvalue weighted by atomic mass is 16.3. The zero-order valence-corrected chi connectivity index (χ0v) is 14.0. The fourth-order valence-electron chi connectivity index (χ4n) is 2.87. The molecule has 4 N–H and O–H groups in total. The van der Waals surface area contributed by atoms with Gasteiger partial charge in [0.25, 0.3) is 0 Å². The van der Waals surface area contributed by atoms with E-state index in [0.29, 0.717) is 13.1 Å². The van der Waals surface area contributed by atoms with Gasteiger partial charge in [0.05, 0.1) is 12.5 Å². The first-order valence-electron chi connectivity index (χ1n) is 7.96. The Kier molecular flexibility index (Phi) is 4.69. The molecule has 0 saturated carbocycles. The second-order valence-corrected chi connectivity index (χ2v) is 5.84.